The summed E-state index contributed by atoms with van der Waals surface area (Å²) >= 11 is 1.45. The van der Waals surface area contributed by atoms with Crippen molar-refractivity contribution >= 4 is 39.8 Å². The fraction of sp³-hybridized carbons (Fsp3) is 0.118. The maximum Gasteiger partial charge on any atom is 0.337 e. The van der Waals surface area contributed by atoms with Gasteiger partial charge in [0.05, 0.1) is 24.7 Å². The van der Waals surface area contributed by atoms with Gasteiger partial charge in [0, 0.05) is 10.1 Å². The highest BCUT2D eigenvalue weighted by molar-refractivity contribution is 7.22. The van der Waals surface area contributed by atoms with E-state index < -0.39 is 5.97 Å². The van der Waals surface area contributed by atoms with Gasteiger partial charge in [0.25, 0.3) is 0 Å². The maximum atomic E-state index is 11.7. The molecule has 0 aliphatic heterocycles. The molecule has 0 saturated carbocycles. The SMILES string of the molecule is COc1ccc(-c2sc3cc(OC)ccc3c2C(=O)O)cc1.Cl. The van der Waals surface area contributed by atoms with Crippen molar-refractivity contribution in [2.24, 2.45) is 0 Å². The molecule has 0 aliphatic rings. The molecule has 23 heavy (non-hydrogen) atoms. The van der Waals surface area contributed by atoms with Gasteiger partial charge in [0.15, 0.2) is 0 Å². The van der Waals surface area contributed by atoms with Crippen LogP contribution in [0, 0.1) is 0 Å². The van der Waals surface area contributed by atoms with E-state index in [4.69, 9.17) is 9.47 Å². The van der Waals surface area contributed by atoms with Crippen molar-refractivity contribution < 1.29 is 19.4 Å². The summed E-state index contributed by atoms with van der Waals surface area (Å²) in [5, 5.41) is 10.3. The summed E-state index contributed by atoms with van der Waals surface area (Å²) in [7, 11) is 3.20. The van der Waals surface area contributed by atoms with E-state index >= 15 is 0 Å². The van der Waals surface area contributed by atoms with Crippen LogP contribution in [0.5, 0.6) is 11.5 Å². The predicted molar refractivity (Wildman–Crippen MR) is 94.6 cm³/mol. The lowest BCUT2D eigenvalue weighted by Gasteiger charge is -2.03. The Bertz CT molecular complexity index is 840. The predicted octanol–water partition coefficient (Wildman–Crippen LogP) is 4.71. The van der Waals surface area contributed by atoms with Gasteiger partial charge in [-0.3, -0.25) is 0 Å². The minimum Gasteiger partial charge on any atom is -0.497 e. The number of carboxylic acids is 1. The summed E-state index contributed by atoms with van der Waals surface area (Å²) < 4.78 is 11.2. The largest absolute Gasteiger partial charge is 0.497 e. The molecule has 0 unspecified atom stereocenters. The highest BCUT2D eigenvalue weighted by atomic mass is 35.5. The number of fused-ring (bicyclic) bond motifs is 1. The van der Waals surface area contributed by atoms with Crippen LogP contribution >= 0.6 is 23.7 Å². The molecule has 0 fully saturated rings. The number of benzene rings is 2. The lowest BCUT2D eigenvalue weighted by molar-refractivity contribution is 0.0700. The molecule has 0 spiro atoms. The molecular formula is C17H15ClO4S. The van der Waals surface area contributed by atoms with Crippen LogP contribution in [0.2, 0.25) is 0 Å². The third kappa shape index (κ3) is 3.11. The van der Waals surface area contributed by atoms with E-state index in [-0.39, 0.29) is 12.4 Å². The van der Waals surface area contributed by atoms with Crippen LogP contribution < -0.4 is 9.47 Å². The molecule has 0 saturated heterocycles. The second kappa shape index (κ2) is 6.89. The number of carboxylic acid groups (broad SMARTS) is 1. The number of aromatic carboxylic acids is 1. The first-order chi connectivity index (χ1) is 10.6. The van der Waals surface area contributed by atoms with Gasteiger partial charge in [0.2, 0.25) is 0 Å². The molecule has 6 heteroatoms. The van der Waals surface area contributed by atoms with E-state index in [1.807, 2.05) is 30.3 Å². The second-order valence-corrected chi connectivity index (χ2v) is 5.75. The van der Waals surface area contributed by atoms with Gasteiger partial charge in [-0.05, 0) is 48.0 Å². The van der Waals surface area contributed by atoms with Crippen molar-refractivity contribution in [3.8, 4) is 21.9 Å². The van der Waals surface area contributed by atoms with Crippen LogP contribution in [0.4, 0.5) is 0 Å². The molecular weight excluding hydrogens is 336 g/mol. The molecule has 4 nitrogen and oxygen atoms in total. The number of rotatable bonds is 4. The highest BCUT2D eigenvalue weighted by Crippen LogP contribution is 2.40. The third-order valence-electron chi connectivity index (χ3n) is 3.46. The van der Waals surface area contributed by atoms with Gasteiger partial charge >= 0.3 is 5.97 Å². The average molecular weight is 351 g/mol. The summed E-state index contributed by atoms with van der Waals surface area (Å²) in [6.45, 7) is 0. The molecule has 120 valence electrons. The van der Waals surface area contributed by atoms with E-state index in [1.54, 1.807) is 26.4 Å². The monoisotopic (exact) mass is 350 g/mol. The van der Waals surface area contributed by atoms with Gasteiger partial charge in [-0.25, -0.2) is 4.79 Å². The molecule has 1 heterocycles. The lowest BCUT2D eigenvalue weighted by Crippen LogP contribution is -1.96. The van der Waals surface area contributed by atoms with Gasteiger partial charge < -0.3 is 14.6 Å². The van der Waals surface area contributed by atoms with Crippen molar-refractivity contribution in [2.45, 2.75) is 0 Å². The molecule has 0 amide bonds. The highest BCUT2D eigenvalue weighted by Gasteiger charge is 2.19. The number of hydrogen-bond donors (Lipinski definition) is 1. The van der Waals surface area contributed by atoms with Gasteiger partial charge in [-0.1, -0.05) is 0 Å². The lowest BCUT2D eigenvalue weighted by atomic mass is 10.1. The number of thiophene rings is 1. The first kappa shape index (κ1) is 17.1. The summed E-state index contributed by atoms with van der Waals surface area (Å²) in [5.41, 5.74) is 1.19. The summed E-state index contributed by atoms with van der Waals surface area (Å²) in [4.78, 5) is 12.4. The minimum atomic E-state index is -0.928. The topological polar surface area (TPSA) is 55.8 Å². The second-order valence-electron chi connectivity index (χ2n) is 4.70. The van der Waals surface area contributed by atoms with E-state index in [0.717, 1.165) is 26.3 Å². The van der Waals surface area contributed by atoms with E-state index in [1.165, 1.54) is 11.3 Å². The number of carbonyl (C=O) groups is 1. The zero-order valence-electron chi connectivity index (χ0n) is 12.5. The number of methoxy groups -OCH3 is 2. The van der Waals surface area contributed by atoms with E-state index in [2.05, 4.69) is 0 Å². The van der Waals surface area contributed by atoms with Crippen LogP contribution in [0.15, 0.2) is 42.5 Å². The first-order valence-corrected chi connectivity index (χ1v) is 7.44. The van der Waals surface area contributed by atoms with Crippen LogP contribution in [-0.4, -0.2) is 25.3 Å². The van der Waals surface area contributed by atoms with E-state index in [0.29, 0.717) is 11.3 Å². The molecule has 1 aromatic heterocycles. The number of halogens is 1. The number of hydrogen-bond acceptors (Lipinski definition) is 4. The number of ether oxygens (including phenoxy) is 2. The van der Waals surface area contributed by atoms with Crippen LogP contribution in [-0.2, 0) is 0 Å². The van der Waals surface area contributed by atoms with Crippen LogP contribution in [0.3, 0.4) is 0 Å². The molecule has 0 bridgehead atoms. The fourth-order valence-corrected chi connectivity index (χ4v) is 3.59. The Labute approximate surface area is 143 Å². The normalized spacial score (nSPS) is 10.2. The molecule has 0 atom stereocenters. The molecule has 1 N–H and O–H groups in total. The molecule has 2 aromatic carbocycles. The Hall–Kier alpha value is -2.24. The van der Waals surface area contributed by atoms with Crippen molar-refractivity contribution in [3.05, 3.63) is 48.0 Å². The zero-order valence-corrected chi connectivity index (χ0v) is 14.2. The Morgan fingerprint density at radius 3 is 2.17 bits per heavy atom. The van der Waals surface area contributed by atoms with Crippen LogP contribution in [0.1, 0.15) is 10.4 Å². The van der Waals surface area contributed by atoms with Gasteiger partial charge in [0.1, 0.15) is 11.5 Å². The van der Waals surface area contributed by atoms with Crippen molar-refractivity contribution in [3.63, 3.8) is 0 Å². The van der Waals surface area contributed by atoms with Gasteiger partial charge in [-0.2, -0.15) is 0 Å². The van der Waals surface area contributed by atoms with Crippen LogP contribution in [0.25, 0.3) is 20.5 Å². The quantitative estimate of drug-likeness (QED) is 0.740. The first-order valence-electron chi connectivity index (χ1n) is 6.62. The van der Waals surface area contributed by atoms with Crippen molar-refractivity contribution in [1.82, 2.24) is 0 Å². The van der Waals surface area contributed by atoms with Gasteiger partial charge in [-0.15, -0.1) is 23.7 Å². The average Bonchev–Trinajstić information content (AvgIpc) is 2.93. The maximum absolute atomic E-state index is 11.7. The van der Waals surface area contributed by atoms with Crippen molar-refractivity contribution in [1.29, 1.82) is 0 Å². The molecule has 0 radical (unpaired) electrons. The molecule has 3 rings (SSSR count). The zero-order chi connectivity index (χ0) is 15.7. The summed E-state index contributed by atoms with van der Waals surface area (Å²) in [5.74, 6) is 0.526. The smallest absolute Gasteiger partial charge is 0.337 e. The summed E-state index contributed by atoms with van der Waals surface area (Å²) in [6, 6.07) is 12.8. The Balaban J connectivity index is 0.00000192. The third-order valence-corrected chi connectivity index (χ3v) is 4.66. The fourth-order valence-electron chi connectivity index (χ4n) is 2.36. The minimum absolute atomic E-state index is 0. The van der Waals surface area contributed by atoms with E-state index in [9.17, 15) is 9.90 Å². The Morgan fingerprint density at radius 1 is 1.00 bits per heavy atom. The van der Waals surface area contributed by atoms with Crippen molar-refractivity contribution in [2.75, 3.05) is 14.2 Å². The standard InChI is InChI=1S/C17H14O4S.ClH/c1-20-11-5-3-10(4-6-11)16-15(17(18)19)13-8-7-12(21-2)9-14(13)22-16;/h3-9H,1-2H3,(H,18,19);1H. The Morgan fingerprint density at radius 2 is 1.61 bits per heavy atom. The molecule has 3 aromatic rings. The Kier molecular flexibility index (Phi) is 5.13. The molecule has 0 aliphatic carbocycles. The summed E-state index contributed by atoms with van der Waals surface area (Å²) in [6.07, 6.45) is 0.